The maximum absolute atomic E-state index is 6.94. The van der Waals surface area contributed by atoms with Gasteiger partial charge in [0.2, 0.25) is 0 Å². The predicted molar refractivity (Wildman–Crippen MR) is 202 cm³/mol. The summed E-state index contributed by atoms with van der Waals surface area (Å²) in [5.74, 6) is 0. The van der Waals surface area contributed by atoms with Crippen molar-refractivity contribution in [1.29, 1.82) is 0 Å². The van der Waals surface area contributed by atoms with Gasteiger partial charge in [0.15, 0.2) is 0 Å². The number of benzene rings is 6. The van der Waals surface area contributed by atoms with Crippen molar-refractivity contribution >= 4 is 78.1 Å². The zero-order chi connectivity index (χ0) is 29.6. The second kappa shape index (κ2) is 13.5. The second-order valence-corrected chi connectivity index (χ2v) is 25.2. The lowest BCUT2D eigenvalue weighted by molar-refractivity contribution is 1.09. The van der Waals surface area contributed by atoms with Crippen LogP contribution in [0.5, 0.6) is 0 Å². The fourth-order valence-electron chi connectivity index (χ4n) is 5.08. The van der Waals surface area contributed by atoms with E-state index in [-0.39, 0.29) is 0 Å². The first-order valence-corrected chi connectivity index (χ1v) is 22.4. The summed E-state index contributed by atoms with van der Waals surface area (Å²) in [7, 11) is 0. The molecule has 0 fully saturated rings. The second-order valence-electron chi connectivity index (χ2n) is 9.98. The van der Waals surface area contributed by atoms with Gasteiger partial charge in [-0.05, 0) is 32.3 Å². The van der Waals surface area contributed by atoms with Crippen molar-refractivity contribution in [3.05, 3.63) is 193 Å². The summed E-state index contributed by atoms with van der Waals surface area (Å²) >= 11 is 17.7. The Labute approximate surface area is 273 Å². The zero-order valence-electron chi connectivity index (χ0n) is 23.3. The summed E-state index contributed by atoms with van der Waals surface area (Å²) in [6.07, 6.45) is 0. The van der Waals surface area contributed by atoms with E-state index in [1.165, 1.54) is 32.3 Å². The van der Waals surface area contributed by atoms with Crippen LogP contribution in [0.4, 0.5) is 0 Å². The van der Waals surface area contributed by atoms with Gasteiger partial charge in [0, 0.05) is 0 Å². The monoisotopic (exact) mass is 664 g/mol. The molecule has 0 aromatic heterocycles. The summed E-state index contributed by atoms with van der Waals surface area (Å²) < 4.78 is -0.606. The van der Waals surface area contributed by atoms with E-state index in [0.29, 0.717) is 0 Å². The van der Waals surface area contributed by atoms with Crippen LogP contribution in [0.15, 0.2) is 182 Å². The Bertz CT molecular complexity index is 1620. The van der Waals surface area contributed by atoms with E-state index in [2.05, 4.69) is 182 Å². The Hall–Kier alpha value is -2.68. The Balaban J connectivity index is 1.67. The Morgan fingerprint density at radius 1 is 0.326 bits per heavy atom. The molecule has 43 heavy (non-hydrogen) atoms. The van der Waals surface area contributed by atoms with Gasteiger partial charge >= 0.3 is 0 Å². The van der Waals surface area contributed by atoms with Gasteiger partial charge in [-0.15, -0.1) is 0 Å². The minimum atomic E-state index is -2.45. The van der Waals surface area contributed by atoms with Crippen LogP contribution in [0.2, 0.25) is 0 Å². The number of hydrogen-bond acceptors (Lipinski definition) is 4. The first kappa shape index (κ1) is 30.4. The average molecular weight is 665 g/mol. The number of hydrogen-bond donors (Lipinski definition) is 0. The van der Waals surface area contributed by atoms with Crippen molar-refractivity contribution < 1.29 is 0 Å². The Morgan fingerprint density at radius 3 is 0.767 bits per heavy atom. The maximum atomic E-state index is 6.94. The highest BCUT2D eigenvalue weighted by atomic mass is 32.9. The van der Waals surface area contributed by atoms with Crippen LogP contribution < -0.4 is 21.2 Å². The maximum Gasteiger partial charge on any atom is 0.122 e. The summed E-state index contributed by atoms with van der Waals surface area (Å²) in [6, 6.07) is 64.5. The fraction of sp³-hybridized carbons (Fsp3) is 0.0270. The molecule has 0 heterocycles. The fourth-order valence-corrected chi connectivity index (χ4v) is 23.9. The SMILES string of the molecule is S=P(SC(SP(=S)(c1ccccc1)c1ccccc1)(c1ccccc1)c1ccccc1)(c1ccccc1)c1ccccc1. The predicted octanol–water partition coefficient (Wildman–Crippen LogP) is 9.45. The van der Waals surface area contributed by atoms with Gasteiger partial charge in [-0.25, -0.2) is 0 Å². The Kier molecular flexibility index (Phi) is 9.55. The first-order valence-electron chi connectivity index (χ1n) is 14.0. The van der Waals surface area contributed by atoms with Gasteiger partial charge in [0.25, 0.3) is 0 Å². The van der Waals surface area contributed by atoms with Crippen molar-refractivity contribution in [3.63, 3.8) is 0 Å². The molecule has 0 aliphatic rings. The van der Waals surface area contributed by atoms with Crippen LogP contribution in [0.3, 0.4) is 0 Å². The lowest BCUT2D eigenvalue weighted by Crippen LogP contribution is -2.26. The highest BCUT2D eigenvalue weighted by Crippen LogP contribution is 2.77. The van der Waals surface area contributed by atoms with Crippen molar-refractivity contribution in [2.45, 2.75) is 4.08 Å². The standard InChI is InChI=1S/C37H30P2S4/c40-38(33-23-11-3-12-24-33,34-25-13-4-14-26-34)42-37(31-19-7-1-8-20-31,32-21-9-2-10-22-32)43-39(41,35-27-15-5-16-28-35)36-29-17-6-18-30-36/h1-30H. The van der Waals surface area contributed by atoms with Crippen LogP contribution in [-0.2, 0) is 27.7 Å². The van der Waals surface area contributed by atoms with Gasteiger partial charge in [-0.1, -0.05) is 228 Å². The van der Waals surface area contributed by atoms with Crippen LogP contribution in [0.1, 0.15) is 11.1 Å². The molecular weight excluding hydrogens is 635 g/mol. The molecule has 0 spiro atoms. The van der Waals surface area contributed by atoms with E-state index in [0.717, 1.165) is 0 Å². The Morgan fingerprint density at radius 2 is 0.535 bits per heavy atom. The summed E-state index contributed by atoms with van der Waals surface area (Å²) in [6.45, 7) is 0. The molecule has 0 saturated carbocycles. The highest BCUT2D eigenvalue weighted by molar-refractivity contribution is 8.83. The molecule has 0 saturated heterocycles. The molecule has 6 heteroatoms. The van der Waals surface area contributed by atoms with Crippen LogP contribution in [0, 0.1) is 0 Å². The molecule has 0 N–H and O–H groups in total. The molecule has 6 aromatic carbocycles. The van der Waals surface area contributed by atoms with Gasteiger partial charge < -0.3 is 0 Å². The van der Waals surface area contributed by atoms with E-state index < -0.39 is 14.6 Å². The molecule has 0 atom stereocenters. The molecule has 0 amide bonds. The smallest absolute Gasteiger partial charge is 0.0871 e. The van der Waals surface area contributed by atoms with Gasteiger partial charge in [-0.3, -0.25) is 0 Å². The minimum absolute atomic E-state index is 0.606. The van der Waals surface area contributed by atoms with E-state index in [1.54, 1.807) is 0 Å². The molecule has 0 aliphatic heterocycles. The number of rotatable bonds is 10. The average Bonchev–Trinajstić information content (AvgIpc) is 3.10. The zero-order valence-corrected chi connectivity index (χ0v) is 28.4. The molecule has 6 rings (SSSR count). The quantitative estimate of drug-likeness (QED) is 0.106. The molecule has 6 aromatic rings. The van der Waals surface area contributed by atoms with Gasteiger partial charge in [0.05, 0.1) is 10.5 Å². The van der Waals surface area contributed by atoms with Crippen LogP contribution in [0.25, 0.3) is 0 Å². The summed E-state index contributed by atoms with van der Waals surface area (Å²) in [4.78, 5) is 0. The van der Waals surface area contributed by atoms with E-state index in [9.17, 15) is 0 Å². The third-order valence-electron chi connectivity index (χ3n) is 7.21. The largest absolute Gasteiger partial charge is 0.122 e. The third kappa shape index (κ3) is 6.29. The van der Waals surface area contributed by atoms with E-state index in [4.69, 9.17) is 23.6 Å². The van der Waals surface area contributed by atoms with E-state index in [1.807, 2.05) is 22.8 Å². The molecule has 0 nitrogen and oxygen atoms in total. The van der Waals surface area contributed by atoms with Crippen LogP contribution in [-0.4, -0.2) is 0 Å². The normalized spacial score (nSPS) is 12.1. The van der Waals surface area contributed by atoms with Crippen molar-refractivity contribution in [1.82, 2.24) is 0 Å². The van der Waals surface area contributed by atoms with Crippen molar-refractivity contribution in [2.24, 2.45) is 0 Å². The van der Waals surface area contributed by atoms with Crippen molar-refractivity contribution in [3.8, 4) is 0 Å². The minimum Gasteiger partial charge on any atom is -0.0871 e. The molecular formula is C37H30P2S4. The van der Waals surface area contributed by atoms with E-state index >= 15 is 0 Å². The van der Waals surface area contributed by atoms with Crippen LogP contribution >= 0.6 is 33.2 Å². The lowest BCUT2D eigenvalue weighted by Gasteiger charge is -2.42. The molecule has 212 valence electrons. The first-order chi connectivity index (χ1) is 21.0. The van der Waals surface area contributed by atoms with Crippen molar-refractivity contribution in [2.75, 3.05) is 0 Å². The highest BCUT2D eigenvalue weighted by Gasteiger charge is 2.46. The third-order valence-corrected chi connectivity index (χ3v) is 23.9. The lowest BCUT2D eigenvalue weighted by atomic mass is 10.0. The van der Waals surface area contributed by atoms with Gasteiger partial charge in [-0.2, -0.15) is 0 Å². The summed E-state index contributed by atoms with van der Waals surface area (Å²) in [5, 5.41) is -0.147. The molecule has 0 aliphatic carbocycles. The summed E-state index contributed by atoms with van der Waals surface area (Å²) in [5.41, 5.74) is 2.39. The van der Waals surface area contributed by atoms with Gasteiger partial charge in [0.1, 0.15) is 4.08 Å². The molecule has 0 radical (unpaired) electrons. The topological polar surface area (TPSA) is 0 Å². The molecule has 0 bridgehead atoms. The molecule has 0 unspecified atom stereocenters.